The number of nitrogens with one attached hydrogen (secondary N) is 1. The van der Waals surface area contributed by atoms with E-state index >= 15 is 0 Å². The standard InChI is InChI=1S/C19H21ClN2O2/c1-4-22(15-8-5-7-13(2)11-15)19(24)12-18(23)21-17-10-6-9-16(20)14(17)3/h5-11H,4,12H2,1-3H3,(H,21,23). The summed E-state index contributed by atoms with van der Waals surface area (Å²) in [6.07, 6.45) is -0.215. The molecule has 0 fully saturated rings. The Morgan fingerprint density at radius 1 is 1.12 bits per heavy atom. The predicted molar refractivity (Wildman–Crippen MR) is 98.6 cm³/mol. The second kappa shape index (κ2) is 7.97. The topological polar surface area (TPSA) is 49.4 Å². The summed E-state index contributed by atoms with van der Waals surface area (Å²) in [6.45, 7) is 6.19. The van der Waals surface area contributed by atoms with Gasteiger partial charge in [0, 0.05) is 22.9 Å². The van der Waals surface area contributed by atoms with E-state index in [0.717, 1.165) is 16.8 Å². The molecule has 0 spiro atoms. The van der Waals surface area contributed by atoms with E-state index in [-0.39, 0.29) is 18.2 Å². The second-order valence-corrected chi connectivity index (χ2v) is 6.02. The van der Waals surface area contributed by atoms with Crippen LogP contribution in [0.3, 0.4) is 0 Å². The molecule has 0 bridgehead atoms. The van der Waals surface area contributed by atoms with Crippen LogP contribution in [0.15, 0.2) is 42.5 Å². The SMILES string of the molecule is CCN(C(=O)CC(=O)Nc1cccc(Cl)c1C)c1cccc(C)c1. The fourth-order valence-electron chi connectivity index (χ4n) is 2.47. The predicted octanol–water partition coefficient (Wildman–Crippen LogP) is 4.34. The van der Waals surface area contributed by atoms with Gasteiger partial charge in [-0.15, -0.1) is 0 Å². The first kappa shape index (κ1) is 18.0. The van der Waals surface area contributed by atoms with Gasteiger partial charge in [-0.2, -0.15) is 0 Å². The van der Waals surface area contributed by atoms with Gasteiger partial charge in [0.2, 0.25) is 11.8 Å². The Morgan fingerprint density at radius 3 is 2.50 bits per heavy atom. The number of hydrogen-bond acceptors (Lipinski definition) is 2. The lowest BCUT2D eigenvalue weighted by Crippen LogP contribution is -2.33. The quantitative estimate of drug-likeness (QED) is 0.820. The van der Waals surface area contributed by atoms with Gasteiger partial charge in [-0.3, -0.25) is 9.59 Å². The molecule has 0 aliphatic rings. The van der Waals surface area contributed by atoms with E-state index in [0.29, 0.717) is 17.3 Å². The van der Waals surface area contributed by atoms with Crippen LogP contribution in [0.5, 0.6) is 0 Å². The number of amides is 2. The molecule has 1 N–H and O–H groups in total. The maximum atomic E-state index is 12.5. The molecule has 2 rings (SSSR count). The number of nitrogens with zero attached hydrogens (tertiary/aromatic N) is 1. The Kier molecular flexibility index (Phi) is 5.99. The Morgan fingerprint density at radius 2 is 1.83 bits per heavy atom. The molecule has 0 saturated heterocycles. The zero-order valence-corrected chi connectivity index (χ0v) is 14.9. The van der Waals surface area contributed by atoms with E-state index in [2.05, 4.69) is 5.32 Å². The summed E-state index contributed by atoms with van der Waals surface area (Å²) >= 11 is 6.04. The Balaban J connectivity index is 2.07. The van der Waals surface area contributed by atoms with E-state index < -0.39 is 0 Å². The van der Waals surface area contributed by atoms with Crippen LogP contribution < -0.4 is 10.2 Å². The van der Waals surface area contributed by atoms with Crippen molar-refractivity contribution in [3.05, 3.63) is 58.6 Å². The van der Waals surface area contributed by atoms with Crippen molar-refractivity contribution in [1.82, 2.24) is 0 Å². The van der Waals surface area contributed by atoms with Crippen LogP contribution in [-0.2, 0) is 9.59 Å². The number of carbonyl (C=O) groups is 2. The minimum Gasteiger partial charge on any atom is -0.325 e. The Hall–Kier alpha value is -2.33. The second-order valence-electron chi connectivity index (χ2n) is 5.61. The molecule has 0 aromatic heterocycles. The van der Waals surface area contributed by atoms with Gasteiger partial charge in [0.1, 0.15) is 6.42 Å². The van der Waals surface area contributed by atoms with Crippen LogP contribution in [-0.4, -0.2) is 18.4 Å². The smallest absolute Gasteiger partial charge is 0.236 e. The van der Waals surface area contributed by atoms with Crippen LogP contribution >= 0.6 is 11.6 Å². The summed E-state index contributed by atoms with van der Waals surface area (Å²) in [6, 6.07) is 13.0. The molecule has 2 aromatic carbocycles. The molecule has 24 heavy (non-hydrogen) atoms. The number of aryl methyl sites for hydroxylation is 1. The van der Waals surface area contributed by atoms with Crippen molar-refractivity contribution < 1.29 is 9.59 Å². The van der Waals surface area contributed by atoms with Gasteiger partial charge in [-0.25, -0.2) is 0 Å². The summed E-state index contributed by atoms with van der Waals surface area (Å²) in [7, 11) is 0. The Labute approximate surface area is 147 Å². The highest BCUT2D eigenvalue weighted by molar-refractivity contribution is 6.31. The van der Waals surface area contributed by atoms with Gasteiger partial charge in [0.25, 0.3) is 0 Å². The molecule has 2 amide bonds. The summed E-state index contributed by atoms with van der Waals surface area (Å²) < 4.78 is 0. The van der Waals surface area contributed by atoms with Crippen molar-refractivity contribution in [2.45, 2.75) is 27.2 Å². The monoisotopic (exact) mass is 344 g/mol. The van der Waals surface area contributed by atoms with Gasteiger partial charge < -0.3 is 10.2 Å². The number of benzene rings is 2. The molecule has 0 heterocycles. The molecule has 0 aliphatic carbocycles. The lowest BCUT2D eigenvalue weighted by atomic mass is 10.2. The van der Waals surface area contributed by atoms with Gasteiger partial charge in [0.05, 0.1) is 0 Å². The minimum absolute atomic E-state index is 0.215. The molecule has 2 aromatic rings. The summed E-state index contributed by atoms with van der Waals surface area (Å²) in [4.78, 5) is 26.3. The molecule has 0 radical (unpaired) electrons. The lowest BCUT2D eigenvalue weighted by molar-refractivity contribution is -0.125. The first-order valence-corrected chi connectivity index (χ1v) is 8.22. The first-order valence-electron chi connectivity index (χ1n) is 7.84. The number of hydrogen-bond donors (Lipinski definition) is 1. The fraction of sp³-hybridized carbons (Fsp3) is 0.263. The normalized spacial score (nSPS) is 10.3. The van der Waals surface area contributed by atoms with E-state index in [1.165, 1.54) is 0 Å². The third kappa shape index (κ3) is 4.36. The van der Waals surface area contributed by atoms with Gasteiger partial charge in [-0.05, 0) is 56.2 Å². The number of anilines is 2. The van der Waals surface area contributed by atoms with Crippen LogP contribution in [0.1, 0.15) is 24.5 Å². The van der Waals surface area contributed by atoms with Crippen molar-refractivity contribution in [3.63, 3.8) is 0 Å². The number of rotatable bonds is 5. The van der Waals surface area contributed by atoms with E-state index in [4.69, 9.17) is 11.6 Å². The fourth-order valence-corrected chi connectivity index (χ4v) is 2.64. The van der Waals surface area contributed by atoms with Crippen LogP contribution in [0.4, 0.5) is 11.4 Å². The average molecular weight is 345 g/mol. The zero-order chi connectivity index (χ0) is 17.7. The highest BCUT2D eigenvalue weighted by Gasteiger charge is 2.18. The highest BCUT2D eigenvalue weighted by Crippen LogP contribution is 2.23. The van der Waals surface area contributed by atoms with Crippen LogP contribution in [0, 0.1) is 13.8 Å². The molecular formula is C19H21ClN2O2. The molecule has 5 heteroatoms. The van der Waals surface area contributed by atoms with Gasteiger partial charge in [0.15, 0.2) is 0 Å². The van der Waals surface area contributed by atoms with Gasteiger partial charge >= 0.3 is 0 Å². The largest absolute Gasteiger partial charge is 0.325 e. The van der Waals surface area contributed by atoms with Crippen LogP contribution in [0.25, 0.3) is 0 Å². The summed E-state index contributed by atoms with van der Waals surface area (Å²) in [5.41, 5.74) is 3.27. The number of carbonyl (C=O) groups excluding carboxylic acids is 2. The first-order chi connectivity index (χ1) is 11.4. The highest BCUT2D eigenvalue weighted by atomic mass is 35.5. The van der Waals surface area contributed by atoms with E-state index in [1.54, 1.807) is 23.1 Å². The molecule has 0 atom stereocenters. The number of halogens is 1. The van der Waals surface area contributed by atoms with E-state index in [1.807, 2.05) is 45.0 Å². The molecule has 0 unspecified atom stereocenters. The van der Waals surface area contributed by atoms with Crippen molar-refractivity contribution in [2.75, 3.05) is 16.8 Å². The average Bonchev–Trinajstić information content (AvgIpc) is 2.52. The Bertz CT molecular complexity index is 759. The molecular weight excluding hydrogens is 324 g/mol. The third-order valence-electron chi connectivity index (χ3n) is 3.78. The molecule has 0 aliphatic heterocycles. The van der Waals surface area contributed by atoms with Crippen molar-refractivity contribution in [2.24, 2.45) is 0 Å². The van der Waals surface area contributed by atoms with E-state index in [9.17, 15) is 9.59 Å². The maximum Gasteiger partial charge on any atom is 0.236 e. The molecule has 0 saturated carbocycles. The summed E-state index contributed by atoms with van der Waals surface area (Å²) in [5, 5.41) is 3.33. The zero-order valence-electron chi connectivity index (χ0n) is 14.1. The lowest BCUT2D eigenvalue weighted by Gasteiger charge is -2.21. The van der Waals surface area contributed by atoms with Crippen LogP contribution in [0.2, 0.25) is 5.02 Å². The van der Waals surface area contributed by atoms with Gasteiger partial charge in [-0.1, -0.05) is 29.8 Å². The molecule has 126 valence electrons. The summed E-state index contributed by atoms with van der Waals surface area (Å²) in [5.74, 6) is -0.586. The van der Waals surface area contributed by atoms with Crippen molar-refractivity contribution >= 4 is 34.8 Å². The van der Waals surface area contributed by atoms with Crippen molar-refractivity contribution in [3.8, 4) is 0 Å². The molecule has 4 nitrogen and oxygen atoms in total. The third-order valence-corrected chi connectivity index (χ3v) is 4.19. The van der Waals surface area contributed by atoms with Crippen molar-refractivity contribution in [1.29, 1.82) is 0 Å². The minimum atomic E-state index is -0.350. The maximum absolute atomic E-state index is 12.5.